The lowest BCUT2D eigenvalue weighted by molar-refractivity contribution is 0.416. The molecule has 88 valence electrons. The first-order valence-electron chi connectivity index (χ1n) is 5.06. The number of methoxy groups -OCH3 is 1. The van der Waals surface area contributed by atoms with Crippen LogP contribution in [0.2, 0.25) is 0 Å². The molecule has 0 saturated carbocycles. The van der Waals surface area contributed by atoms with Gasteiger partial charge in [0.25, 0.3) is 0 Å². The zero-order chi connectivity index (χ0) is 12.3. The van der Waals surface area contributed by atoms with Gasteiger partial charge in [-0.3, -0.25) is 0 Å². The second kappa shape index (κ2) is 5.05. The Hall–Kier alpha value is -1.75. The summed E-state index contributed by atoms with van der Waals surface area (Å²) < 4.78 is 5.31. The molecule has 2 N–H and O–H groups in total. The monoisotopic (exact) mass is 247 g/mol. The Morgan fingerprint density at radius 3 is 2.71 bits per heavy atom. The fraction of sp³-hybridized carbons (Fsp3) is 0.167. The quantitative estimate of drug-likeness (QED) is 0.667. The average molecular weight is 247 g/mol. The van der Waals surface area contributed by atoms with Crippen molar-refractivity contribution in [2.45, 2.75) is 5.16 Å². The van der Waals surface area contributed by atoms with Crippen LogP contribution in [-0.2, 0) is 0 Å². The lowest BCUT2D eigenvalue weighted by atomic mass is 10.1. The lowest BCUT2D eigenvalue weighted by Gasteiger charge is -2.08. The molecule has 4 nitrogen and oxygen atoms in total. The van der Waals surface area contributed by atoms with E-state index in [1.807, 2.05) is 30.5 Å². The first kappa shape index (κ1) is 11.7. The van der Waals surface area contributed by atoms with Crippen molar-refractivity contribution in [2.24, 2.45) is 0 Å². The molecule has 0 bridgehead atoms. The molecule has 0 unspecified atom stereocenters. The molecule has 17 heavy (non-hydrogen) atoms. The summed E-state index contributed by atoms with van der Waals surface area (Å²) in [6.07, 6.45) is 1.92. The summed E-state index contributed by atoms with van der Waals surface area (Å²) in [6, 6.07) is 9.45. The zero-order valence-electron chi connectivity index (χ0n) is 9.68. The summed E-state index contributed by atoms with van der Waals surface area (Å²) >= 11 is 1.46. The number of thioether (sulfide) groups is 1. The molecule has 2 rings (SSSR count). The third-order valence-corrected chi connectivity index (χ3v) is 2.84. The van der Waals surface area contributed by atoms with E-state index in [9.17, 15) is 0 Å². The number of ether oxygens (including phenoxy) is 1. The van der Waals surface area contributed by atoms with Crippen LogP contribution >= 0.6 is 11.8 Å². The van der Waals surface area contributed by atoms with Crippen LogP contribution in [-0.4, -0.2) is 23.3 Å². The molecule has 1 aromatic carbocycles. The molecule has 1 heterocycles. The highest BCUT2D eigenvalue weighted by atomic mass is 32.2. The molecular weight excluding hydrogens is 234 g/mol. The van der Waals surface area contributed by atoms with Crippen LogP contribution < -0.4 is 10.5 Å². The largest absolute Gasteiger partial charge is 0.496 e. The van der Waals surface area contributed by atoms with E-state index in [4.69, 9.17) is 10.5 Å². The van der Waals surface area contributed by atoms with Crippen LogP contribution in [0, 0.1) is 0 Å². The maximum absolute atomic E-state index is 5.76. The molecular formula is C12H13N3OS. The number of anilines is 1. The third kappa shape index (κ3) is 2.50. The minimum absolute atomic E-state index is 0.463. The Balaban J connectivity index is 2.55. The van der Waals surface area contributed by atoms with Crippen molar-refractivity contribution >= 4 is 17.6 Å². The first-order valence-corrected chi connectivity index (χ1v) is 6.29. The number of rotatable bonds is 3. The summed E-state index contributed by atoms with van der Waals surface area (Å²) in [5, 5.41) is 0.658. The summed E-state index contributed by atoms with van der Waals surface area (Å²) in [5.41, 5.74) is 7.45. The molecule has 5 heteroatoms. The summed E-state index contributed by atoms with van der Waals surface area (Å²) in [7, 11) is 1.64. The van der Waals surface area contributed by atoms with Crippen LogP contribution in [0.5, 0.6) is 5.75 Å². The molecule has 0 aliphatic carbocycles. The van der Waals surface area contributed by atoms with Gasteiger partial charge < -0.3 is 10.5 Å². The van der Waals surface area contributed by atoms with Gasteiger partial charge in [0.1, 0.15) is 11.6 Å². The second-order valence-corrected chi connectivity index (χ2v) is 4.14. The van der Waals surface area contributed by atoms with E-state index in [-0.39, 0.29) is 0 Å². The lowest BCUT2D eigenvalue weighted by Crippen LogP contribution is -1.97. The molecule has 0 aliphatic heterocycles. The highest BCUT2D eigenvalue weighted by Crippen LogP contribution is 2.29. The van der Waals surface area contributed by atoms with Crippen molar-refractivity contribution in [1.82, 2.24) is 9.97 Å². The Labute approximate surface area is 104 Å². The zero-order valence-corrected chi connectivity index (χ0v) is 10.5. The fourth-order valence-corrected chi connectivity index (χ4v) is 1.91. The van der Waals surface area contributed by atoms with E-state index < -0.39 is 0 Å². The van der Waals surface area contributed by atoms with Gasteiger partial charge in [-0.25, -0.2) is 9.97 Å². The molecule has 1 aromatic heterocycles. The van der Waals surface area contributed by atoms with Gasteiger partial charge in [-0.05, 0) is 18.4 Å². The maximum Gasteiger partial charge on any atom is 0.189 e. The van der Waals surface area contributed by atoms with Crippen LogP contribution in [0.1, 0.15) is 0 Å². The van der Waals surface area contributed by atoms with Gasteiger partial charge in [0.05, 0.1) is 12.8 Å². The molecule has 0 radical (unpaired) electrons. The normalized spacial score (nSPS) is 10.2. The van der Waals surface area contributed by atoms with E-state index in [0.29, 0.717) is 11.0 Å². The van der Waals surface area contributed by atoms with E-state index in [1.165, 1.54) is 11.8 Å². The minimum Gasteiger partial charge on any atom is -0.496 e. The van der Waals surface area contributed by atoms with Gasteiger partial charge in [-0.15, -0.1) is 0 Å². The van der Waals surface area contributed by atoms with Gasteiger partial charge in [0.15, 0.2) is 5.16 Å². The van der Waals surface area contributed by atoms with Crippen molar-refractivity contribution in [3.05, 3.63) is 30.3 Å². The van der Waals surface area contributed by atoms with E-state index in [1.54, 1.807) is 13.2 Å². The Bertz CT molecular complexity index is 531. The maximum atomic E-state index is 5.76. The predicted octanol–water partition coefficient (Wildman–Crippen LogP) is 2.46. The molecule has 0 spiro atoms. The van der Waals surface area contributed by atoms with E-state index in [0.717, 1.165) is 17.0 Å². The van der Waals surface area contributed by atoms with Crippen LogP contribution in [0.4, 0.5) is 5.82 Å². The first-order chi connectivity index (χ1) is 8.24. The summed E-state index contributed by atoms with van der Waals surface area (Å²) in [6.45, 7) is 0. The van der Waals surface area contributed by atoms with Crippen LogP contribution in [0.25, 0.3) is 11.3 Å². The summed E-state index contributed by atoms with van der Waals surface area (Å²) in [5.74, 6) is 1.24. The number of nitrogens with two attached hydrogens (primary N) is 1. The molecule has 0 saturated heterocycles. The number of benzene rings is 1. The van der Waals surface area contributed by atoms with Crippen molar-refractivity contribution in [3.8, 4) is 17.0 Å². The van der Waals surface area contributed by atoms with Gasteiger partial charge in [-0.1, -0.05) is 23.9 Å². The molecule has 0 atom stereocenters. The van der Waals surface area contributed by atoms with Crippen molar-refractivity contribution in [2.75, 3.05) is 19.1 Å². The molecule has 0 aliphatic rings. The van der Waals surface area contributed by atoms with Crippen LogP contribution in [0.3, 0.4) is 0 Å². The number of hydrogen-bond acceptors (Lipinski definition) is 5. The van der Waals surface area contributed by atoms with Gasteiger partial charge in [-0.2, -0.15) is 0 Å². The highest BCUT2D eigenvalue weighted by Gasteiger charge is 2.08. The Morgan fingerprint density at radius 1 is 1.24 bits per heavy atom. The standard InChI is InChI=1S/C12H13N3OS/c1-16-10-6-4-3-5-8(10)9-7-11(13)15-12(14-9)17-2/h3-7H,1-2H3,(H2,13,14,15). The number of hydrogen-bond donors (Lipinski definition) is 1. The van der Waals surface area contributed by atoms with Gasteiger partial charge in [0.2, 0.25) is 0 Å². The van der Waals surface area contributed by atoms with E-state index in [2.05, 4.69) is 9.97 Å². The smallest absolute Gasteiger partial charge is 0.189 e. The van der Waals surface area contributed by atoms with Crippen molar-refractivity contribution in [3.63, 3.8) is 0 Å². The Morgan fingerprint density at radius 2 is 2.00 bits per heavy atom. The second-order valence-electron chi connectivity index (χ2n) is 3.37. The summed E-state index contributed by atoms with van der Waals surface area (Å²) in [4.78, 5) is 8.54. The van der Waals surface area contributed by atoms with Crippen molar-refractivity contribution < 1.29 is 4.74 Å². The molecule has 2 aromatic rings. The van der Waals surface area contributed by atoms with Crippen molar-refractivity contribution in [1.29, 1.82) is 0 Å². The third-order valence-electron chi connectivity index (χ3n) is 2.29. The number of para-hydroxylation sites is 1. The number of nitrogen functional groups attached to an aromatic ring is 1. The fourth-order valence-electron chi connectivity index (χ4n) is 1.53. The topological polar surface area (TPSA) is 61.0 Å². The minimum atomic E-state index is 0.463. The SMILES string of the molecule is COc1ccccc1-c1cc(N)nc(SC)n1. The van der Waals surface area contributed by atoms with Crippen LogP contribution in [0.15, 0.2) is 35.5 Å². The number of nitrogens with zero attached hydrogens (tertiary/aromatic N) is 2. The van der Waals surface area contributed by atoms with E-state index >= 15 is 0 Å². The highest BCUT2D eigenvalue weighted by molar-refractivity contribution is 7.98. The molecule has 0 fully saturated rings. The van der Waals surface area contributed by atoms with Gasteiger partial charge >= 0.3 is 0 Å². The Kier molecular flexibility index (Phi) is 3.49. The van der Waals surface area contributed by atoms with Gasteiger partial charge in [0, 0.05) is 11.6 Å². The molecule has 0 amide bonds. The number of aromatic nitrogens is 2. The predicted molar refractivity (Wildman–Crippen MR) is 70.2 cm³/mol. The average Bonchev–Trinajstić information content (AvgIpc) is 2.37.